The monoisotopic (exact) mass is 158 g/mol. The van der Waals surface area contributed by atoms with Gasteiger partial charge in [-0.3, -0.25) is 0 Å². The van der Waals surface area contributed by atoms with Crippen molar-refractivity contribution in [2.45, 2.75) is 12.8 Å². The van der Waals surface area contributed by atoms with Crippen LogP contribution in [0, 0.1) is 35.5 Å². The summed E-state index contributed by atoms with van der Waals surface area (Å²) in [7, 11) is 0. The zero-order chi connectivity index (χ0) is 7.71. The van der Waals surface area contributed by atoms with Crippen LogP contribution < -0.4 is 0 Å². The molecule has 2 fully saturated rings. The zero-order valence-electron chi connectivity index (χ0n) is 7.19. The van der Waals surface area contributed by atoms with Gasteiger partial charge in [-0.25, -0.2) is 0 Å². The molecule has 12 heavy (non-hydrogen) atoms. The van der Waals surface area contributed by atoms with Crippen LogP contribution in [0.5, 0.6) is 0 Å². The first-order chi connectivity index (χ1) is 5.93. The van der Waals surface area contributed by atoms with Gasteiger partial charge in [-0.1, -0.05) is 24.3 Å². The van der Waals surface area contributed by atoms with E-state index in [4.69, 9.17) is 0 Å². The molecule has 4 aliphatic rings. The maximum atomic E-state index is 2.50. The molecule has 0 nitrogen and oxygen atoms in total. The molecule has 0 radical (unpaired) electrons. The highest BCUT2D eigenvalue weighted by Gasteiger charge is 2.55. The topological polar surface area (TPSA) is 0 Å². The zero-order valence-corrected chi connectivity index (χ0v) is 7.19. The van der Waals surface area contributed by atoms with E-state index in [0.29, 0.717) is 0 Å². The Morgan fingerprint density at radius 3 is 1.25 bits per heavy atom. The molecule has 4 bridgehead atoms. The van der Waals surface area contributed by atoms with E-state index >= 15 is 0 Å². The Labute approximate surface area is 73.4 Å². The first kappa shape index (κ1) is 6.01. The maximum absolute atomic E-state index is 2.50. The first-order valence-electron chi connectivity index (χ1n) is 5.30. The van der Waals surface area contributed by atoms with Gasteiger partial charge in [0.2, 0.25) is 0 Å². The summed E-state index contributed by atoms with van der Waals surface area (Å²) < 4.78 is 0. The minimum atomic E-state index is 0.972. The van der Waals surface area contributed by atoms with Crippen molar-refractivity contribution >= 4 is 0 Å². The molecule has 4 aliphatic carbocycles. The van der Waals surface area contributed by atoms with Gasteiger partial charge in [-0.15, -0.1) is 0 Å². The molecule has 0 heteroatoms. The lowest BCUT2D eigenvalue weighted by molar-refractivity contribution is 0.290. The highest BCUT2D eigenvalue weighted by molar-refractivity contribution is 5.25. The first-order valence-corrected chi connectivity index (χ1v) is 5.30. The molecule has 0 saturated heterocycles. The lowest BCUT2D eigenvalue weighted by Crippen LogP contribution is -2.23. The number of rotatable bonds is 0. The fraction of sp³-hybridized carbons (Fsp3) is 0.667. The summed E-state index contributed by atoms with van der Waals surface area (Å²) in [6, 6.07) is 0. The fourth-order valence-electron chi connectivity index (χ4n) is 4.43. The highest BCUT2D eigenvalue weighted by atomic mass is 14.6. The molecule has 0 aromatic heterocycles. The highest BCUT2D eigenvalue weighted by Crippen LogP contribution is 2.62. The van der Waals surface area contributed by atoms with Crippen molar-refractivity contribution in [3.8, 4) is 0 Å². The van der Waals surface area contributed by atoms with Crippen LogP contribution in [-0.4, -0.2) is 0 Å². The quantitative estimate of drug-likeness (QED) is 0.375. The van der Waals surface area contributed by atoms with Crippen LogP contribution in [0.15, 0.2) is 24.3 Å². The average molecular weight is 158 g/mol. The Hall–Kier alpha value is -0.520. The smallest absolute Gasteiger partial charge is 0.0191 e. The summed E-state index contributed by atoms with van der Waals surface area (Å²) in [6.45, 7) is 0. The van der Waals surface area contributed by atoms with Crippen molar-refractivity contribution in [1.82, 2.24) is 0 Å². The molecule has 0 spiro atoms. The molecule has 0 N–H and O–H groups in total. The summed E-state index contributed by atoms with van der Waals surface area (Å²) in [5.74, 6) is 6.02. The Kier molecular flexibility index (Phi) is 0.856. The Balaban J connectivity index is 1.86. The van der Waals surface area contributed by atoms with E-state index in [1.165, 1.54) is 12.8 Å². The van der Waals surface area contributed by atoms with Gasteiger partial charge in [0.25, 0.3) is 0 Å². The maximum Gasteiger partial charge on any atom is -0.0191 e. The van der Waals surface area contributed by atoms with Gasteiger partial charge in [-0.2, -0.15) is 0 Å². The van der Waals surface area contributed by atoms with Gasteiger partial charge < -0.3 is 0 Å². The number of hydrogen-bond acceptors (Lipinski definition) is 0. The molecule has 0 aromatic carbocycles. The molecule has 2 saturated carbocycles. The van der Waals surface area contributed by atoms with Crippen LogP contribution in [0.4, 0.5) is 0 Å². The second-order valence-electron chi connectivity index (χ2n) is 5.05. The lowest BCUT2D eigenvalue weighted by atomic mass is 9.76. The van der Waals surface area contributed by atoms with Crippen LogP contribution >= 0.6 is 0 Å². The predicted octanol–water partition coefficient (Wildman–Crippen LogP) is 2.63. The van der Waals surface area contributed by atoms with Crippen LogP contribution in [0.25, 0.3) is 0 Å². The summed E-state index contributed by atoms with van der Waals surface area (Å²) >= 11 is 0. The van der Waals surface area contributed by atoms with Gasteiger partial charge in [0, 0.05) is 0 Å². The summed E-state index contributed by atoms with van der Waals surface area (Å²) in [5.41, 5.74) is 0. The van der Waals surface area contributed by atoms with Crippen LogP contribution in [0.3, 0.4) is 0 Å². The Morgan fingerprint density at radius 1 is 0.583 bits per heavy atom. The fourth-order valence-corrected chi connectivity index (χ4v) is 4.43. The van der Waals surface area contributed by atoms with Crippen molar-refractivity contribution in [2.24, 2.45) is 35.5 Å². The molecular weight excluding hydrogens is 144 g/mol. The van der Waals surface area contributed by atoms with E-state index in [2.05, 4.69) is 24.3 Å². The van der Waals surface area contributed by atoms with E-state index in [-0.39, 0.29) is 0 Å². The standard InChI is InChI=1S/C12H14/c1-2-8-5-7(1)11-9-3-4-10(6-9)12(8)11/h1-4,7-12H,5-6H2/t7-,8+,9+,10-,11?,12?. The molecule has 2 unspecified atom stereocenters. The van der Waals surface area contributed by atoms with Gasteiger partial charge >= 0.3 is 0 Å². The number of hydrogen-bond donors (Lipinski definition) is 0. The molecule has 0 aromatic rings. The van der Waals surface area contributed by atoms with E-state index < -0.39 is 0 Å². The molecule has 0 amide bonds. The van der Waals surface area contributed by atoms with Crippen LogP contribution in [0.2, 0.25) is 0 Å². The van der Waals surface area contributed by atoms with E-state index in [1.54, 1.807) is 0 Å². The van der Waals surface area contributed by atoms with E-state index in [9.17, 15) is 0 Å². The second-order valence-corrected chi connectivity index (χ2v) is 5.05. The molecule has 62 valence electrons. The van der Waals surface area contributed by atoms with Gasteiger partial charge in [0.1, 0.15) is 0 Å². The van der Waals surface area contributed by atoms with Crippen molar-refractivity contribution in [2.75, 3.05) is 0 Å². The minimum absolute atomic E-state index is 0.972. The largest absolute Gasteiger partial charge is 0.0848 e. The minimum Gasteiger partial charge on any atom is -0.0848 e. The molecule has 0 aliphatic heterocycles. The summed E-state index contributed by atoms with van der Waals surface area (Å²) in [6.07, 6.45) is 13.0. The van der Waals surface area contributed by atoms with Crippen LogP contribution in [-0.2, 0) is 0 Å². The Bertz CT molecular complexity index is 232. The SMILES string of the molecule is C1=C[C@H]2C[C@@H]1C1C2[C@@H]2C=C[C@H]1C2. The van der Waals surface area contributed by atoms with Crippen LogP contribution in [0.1, 0.15) is 12.8 Å². The van der Waals surface area contributed by atoms with Gasteiger partial charge in [0.15, 0.2) is 0 Å². The van der Waals surface area contributed by atoms with Crippen molar-refractivity contribution < 1.29 is 0 Å². The van der Waals surface area contributed by atoms with Crippen molar-refractivity contribution in [3.63, 3.8) is 0 Å². The number of fused-ring (bicyclic) bond motifs is 9. The van der Waals surface area contributed by atoms with E-state index in [1.807, 2.05) is 0 Å². The normalized spacial score (nSPS) is 63.3. The third kappa shape index (κ3) is 0.485. The van der Waals surface area contributed by atoms with Gasteiger partial charge in [0.05, 0.1) is 0 Å². The van der Waals surface area contributed by atoms with Crippen molar-refractivity contribution in [1.29, 1.82) is 0 Å². The second kappa shape index (κ2) is 1.71. The average Bonchev–Trinajstić information content (AvgIpc) is 2.83. The molecule has 4 rings (SSSR count). The third-order valence-corrected chi connectivity index (χ3v) is 4.72. The number of allylic oxidation sites excluding steroid dienone is 4. The Morgan fingerprint density at radius 2 is 0.917 bits per heavy atom. The molecule has 6 atom stereocenters. The lowest BCUT2D eigenvalue weighted by Gasteiger charge is -2.28. The van der Waals surface area contributed by atoms with Gasteiger partial charge in [-0.05, 0) is 48.3 Å². The summed E-state index contributed by atoms with van der Waals surface area (Å²) in [5, 5.41) is 0. The summed E-state index contributed by atoms with van der Waals surface area (Å²) in [4.78, 5) is 0. The third-order valence-electron chi connectivity index (χ3n) is 4.72. The molecule has 0 heterocycles. The van der Waals surface area contributed by atoms with Crippen molar-refractivity contribution in [3.05, 3.63) is 24.3 Å². The molecular formula is C12H14. The van der Waals surface area contributed by atoms with E-state index in [0.717, 1.165) is 35.5 Å². The predicted molar refractivity (Wildman–Crippen MR) is 48.5 cm³/mol.